The van der Waals surface area contributed by atoms with E-state index in [0.717, 1.165) is 11.4 Å². The smallest absolute Gasteiger partial charge is 0.308 e. The molecule has 1 aromatic carbocycles. The number of aliphatic carboxylic acids is 1. The van der Waals surface area contributed by atoms with Crippen molar-refractivity contribution in [2.45, 2.75) is 19.4 Å². The molecule has 1 atom stereocenters. The van der Waals surface area contributed by atoms with Crippen LogP contribution in [0.1, 0.15) is 12.2 Å². The molecule has 2 heterocycles. The average Bonchev–Trinajstić information content (AvgIpc) is 2.97. The van der Waals surface area contributed by atoms with E-state index in [-0.39, 0.29) is 0 Å². The molecule has 116 valence electrons. The summed E-state index contributed by atoms with van der Waals surface area (Å²) in [6.45, 7) is 0.366. The van der Waals surface area contributed by atoms with E-state index in [1.54, 1.807) is 25.0 Å². The molecule has 1 N–H and O–H groups in total. The average molecular weight is 303 g/mol. The molecule has 0 saturated carbocycles. The van der Waals surface area contributed by atoms with Crippen LogP contribution >= 0.6 is 0 Å². The zero-order valence-electron chi connectivity index (χ0n) is 12.4. The van der Waals surface area contributed by atoms with Crippen LogP contribution < -0.4 is 9.47 Å². The summed E-state index contributed by atoms with van der Waals surface area (Å²) >= 11 is 0. The van der Waals surface area contributed by atoms with Crippen molar-refractivity contribution in [3.05, 3.63) is 24.0 Å². The normalized spacial score (nSPS) is 16.9. The number of rotatable bonds is 4. The minimum absolute atomic E-state index is 0.366. The van der Waals surface area contributed by atoms with Crippen LogP contribution in [0.3, 0.4) is 0 Å². The maximum absolute atomic E-state index is 11.1. The second-order valence-corrected chi connectivity index (χ2v) is 5.18. The van der Waals surface area contributed by atoms with Gasteiger partial charge in [-0.05, 0) is 24.6 Å². The highest BCUT2D eigenvalue weighted by Gasteiger charge is 2.26. The van der Waals surface area contributed by atoms with Crippen molar-refractivity contribution in [2.75, 3.05) is 14.2 Å². The number of aromatic nitrogens is 3. The molecule has 1 aliphatic heterocycles. The summed E-state index contributed by atoms with van der Waals surface area (Å²) in [5, 5.41) is 13.6. The van der Waals surface area contributed by atoms with Gasteiger partial charge in [-0.3, -0.25) is 4.79 Å². The Morgan fingerprint density at radius 1 is 1.32 bits per heavy atom. The zero-order chi connectivity index (χ0) is 15.7. The molecule has 0 saturated heterocycles. The van der Waals surface area contributed by atoms with Crippen LogP contribution in [-0.2, 0) is 17.8 Å². The van der Waals surface area contributed by atoms with Gasteiger partial charge in [0, 0.05) is 12.0 Å². The van der Waals surface area contributed by atoms with Crippen molar-refractivity contribution in [1.82, 2.24) is 14.8 Å². The highest BCUT2D eigenvalue weighted by molar-refractivity contribution is 5.70. The number of aryl methyl sites for hydroxylation is 1. The van der Waals surface area contributed by atoms with Gasteiger partial charge < -0.3 is 14.6 Å². The van der Waals surface area contributed by atoms with E-state index in [1.807, 2.05) is 12.1 Å². The van der Waals surface area contributed by atoms with Crippen molar-refractivity contribution >= 4 is 5.97 Å². The molecule has 0 aliphatic carbocycles. The molecule has 7 nitrogen and oxygen atoms in total. The maximum Gasteiger partial charge on any atom is 0.308 e. The number of benzene rings is 1. The van der Waals surface area contributed by atoms with Crippen LogP contribution in [0.15, 0.2) is 18.2 Å². The largest absolute Gasteiger partial charge is 0.493 e. The summed E-state index contributed by atoms with van der Waals surface area (Å²) in [5.41, 5.74) is 0.812. The van der Waals surface area contributed by atoms with E-state index in [1.165, 1.54) is 0 Å². The quantitative estimate of drug-likeness (QED) is 0.923. The molecular formula is C15H17N3O4. The number of carboxylic acid groups (broad SMARTS) is 1. The van der Waals surface area contributed by atoms with Gasteiger partial charge >= 0.3 is 5.97 Å². The van der Waals surface area contributed by atoms with Crippen molar-refractivity contribution in [2.24, 2.45) is 5.92 Å². The highest BCUT2D eigenvalue weighted by atomic mass is 16.5. The minimum Gasteiger partial charge on any atom is -0.493 e. The predicted molar refractivity (Wildman–Crippen MR) is 78.0 cm³/mol. The lowest BCUT2D eigenvalue weighted by atomic mass is 10.0. The number of ether oxygens (including phenoxy) is 2. The number of hydrogen-bond acceptors (Lipinski definition) is 5. The second kappa shape index (κ2) is 5.67. The van der Waals surface area contributed by atoms with Crippen LogP contribution in [0.2, 0.25) is 0 Å². The van der Waals surface area contributed by atoms with Gasteiger partial charge in [0.2, 0.25) is 0 Å². The van der Waals surface area contributed by atoms with Gasteiger partial charge in [0.05, 0.1) is 26.7 Å². The van der Waals surface area contributed by atoms with Crippen molar-refractivity contribution in [1.29, 1.82) is 0 Å². The summed E-state index contributed by atoms with van der Waals surface area (Å²) < 4.78 is 12.2. The lowest BCUT2D eigenvalue weighted by Gasteiger charge is -2.18. The first-order chi connectivity index (χ1) is 10.6. The molecule has 1 aliphatic rings. The molecule has 2 aromatic rings. The zero-order valence-corrected chi connectivity index (χ0v) is 12.4. The van der Waals surface area contributed by atoms with E-state index in [4.69, 9.17) is 14.6 Å². The molecule has 3 rings (SSSR count). The van der Waals surface area contributed by atoms with Crippen molar-refractivity contribution in [3.8, 4) is 22.9 Å². The number of hydrogen-bond donors (Lipinski definition) is 1. The first-order valence-electron chi connectivity index (χ1n) is 7.01. The predicted octanol–water partition coefficient (Wildman–Crippen LogP) is 1.61. The standard InChI is InChI=1S/C15H17N3O4/c1-21-11-5-3-9(7-12(11)22-2)14-16-13-6-4-10(15(19)20)8-18(13)17-14/h3,5,7,10H,4,6,8H2,1-2H3,(H,19,20). The molecule has 7 heteroatoms. The minimum atomic E-state index is -0.784. The number of nitrogens with zero attached hydrogens (tertiary/aromatic N) is 3. The Bertz CT molecular complexity index is 711. The second-order valence-electron chi connectivity index (χ2n) is 5.18. The summed E-state index contributed by atoms with van der Waals surface area (Å²) in [7, 11) is 3.15. The summed E-state index contributed by atoms with van der Waals surface area (Å²) in [4.78, 5) is 15.6. The van der Waals surface area contributed by atoms with Crippen LogP contribution in [-0.4, -0.2) is 40.1 Å². The fourth-order valence-electron chi connectivity index (χ4n) is 2.61. The van der Waals surface area contributed by atoms with Crippen LogP contribution in [0.25, 0.3) is 11.4 Å². The summed E-state index contributed by atoms with van der Waals surface area (Å²) in [6, 6.07) is 5.47. The molecule has 0 spiro atoms. The van der Waals surface area contributed by atoms with Crippen molar-refractivity contribution < 1.29 is 19.4 Å². The van der Waals surface area contributed by atoms with Crippen LogP contribution in [0, 0.1) is 5.92 Å². The number of methoxy groups -OCH3 is 2. The monoisotopic (exact) mass is 303 g/mol. The molecule has 0 radical (unpaired) electrons. The van der Waals surface area contributed by atoms with Crippen LogP contribution in [0.5, 0.6) is 11.5 Å². The number of carboxylic acids is 1. The maximum atomic E-state index is 11.1. The van der Waals surface area contributed by atoms with Gasteiger partial charge in [-0.1, -0.05) is 0 Å². The Labute approximate surface area is 127 Å². The summed E-state index contributed by atoms with van der Waals surface area (Å²) in [5.74, 6) is 1.46. The first kappa shape index (κ1) is 14.4. The van der Waals surface area contributed by atoms with Gasteiger partial charge in [0.15, 0.2) is 17.3 Å². The Hall–Kier alpha value is -2.57. The fraction of sp³-hybridized carbons (Fsp3) is 0.400. The SMILES string of the molecule is COc1ccc(-c2nc3n(n2)CC(C(=O)O)CC3)cc1OC. The topological polar surface area (TPSA) is 86.5 Å². The molecule has 1 aromatic heterocycles. The molecule has 0 fully saturated rings. The number of fused-ring (bicyclic) bond motifs is 1. The van der Waals surface area contributed by atoms with E-state index >= 15 is 0 Å². The third-order valence-corrected chi connectivity index (χ3v) is 3.85. The van der Waals surface area contributed by atoms with Gasteiger partial charge in [-0.25, -0.2) is 9.67 Å². The van der Waals surface area contributed by atoms with E-state index in [0.29, 0.717) is 36.7 Å². The van der Waals surface area contributed by atoms with Gasteiger partial charge in [0.1, 0.15) is 5.82 Å². The third-order valence-electron chi connectivity index (χ3n) is 3.85. The molecule has 0 amide bonds. The van der Waals surface area contributed by atoms with E-state index < -0.39 is 11.9 Å². The van der Waals surface area contributed by atoms with Gasteiger partial charge in [-0.15, -0.1) is 0 Å². The molecular weight excluding hydrogens is 286 g/mol. The highest BCUT2D eigenvalue weighted by Crippen LogP contribution is 2.31. The third kappa shape index (κ3) is 2.49. The lowest BCUT2D eigenvalue weighted by molar-refractivity contribution is -0.142. The van der Waals surface area contributed by atoms with Crippen molar-refractivity contribution in [3.63, 3.8) is 0 Å². The lowest BCUT2D eigenvalue weighted by Crippen LogP contribution is -2.27. The summed E-state index contributed by atoms with van der Waals surface area (Å²) in [6.07, 6.45) is 1.22. The molecule has 1 unspecified atom stereocenters. The first-order valence-corrected chi connectivity index (χ1v) is 7.01. The molecule has 0 bridgehead atoms. The fourth-order valence-corrected chi connectivity index (χ4v) is 2.61. The Morgan fingerprint density at radius 3 is 2.77 bits per heavy atom. The van der Waals surface area contributed by atoms with E-state index in [9.17, 15) is 4.79 Å². The number of carbonyl (C=O) groups is 1. The Morgan fingerprint density at radius 2 is 2.09 bits per heavy atom. The Balaban J connectivity index is 1.93. The van der Waals surface area contributed by atoms with E-state index in [2.05, 4.69) is 10.1 Å². The van der Waals surface area contributed by atoms with Crippen LogP contribution in [0.4, 0.5) is 0 Å². The molecule has 22 heavy (non-hydrogen) atoms. The van der Waals surface area contributed by atoms with Gasteiger partial charge in [-0.2, -0.15) is 5.10 Å². The Kier molecular flexibility index (Phi) is 3.70. The van der Waals surface area contributed by atoms with Gasteiger partial charge in [0.25, 0.3) is 0 Å².